The molecule has 0 saturated heterocycles. The van der Waals surface area contributed by atoms with E-state index in [-0.39, 0.29) is 11.8 Å². The number of hydrogen-bond acceptors (Lipinski definition) is 5. The van der Waals surface area contributed by atoms with Crippen molar-refractivity contribution < 1.29 is 14.3 Å². The highest BCUT2D eigenvalue weighted by Gasteiger charge is 2.28. The predicted molar refractivity (Wildman–Crippen MR) is 122 cm³/mol. The second kappa shape index (κ2) is 9.75. The number of nitrogens with zero attached hydrogens (tertiary/aromatic N) is 2. The van der Waals surface area contributed by atoms with Crippen LogP contribution in [-0.4, -0.2) is 41.9 Å². The summed E-state index contributed by atoms with van der Waals surface area (Å²) >= 11 is 1.52. The van der Waals surface area contributed by atoms with Crippen molar-refractivity contribution in [2.75, 3.05) is 25.5 Å². The first kappa shape index (κ1) is 21.1. The lowest BCUT2D eigenvalue weighted by atomic mass is 9.95. The van der Waals surface area contributed by atoms with Crippen LogP contribution in [0.3, 0.4) is 0 Å². The maximum atomic E-state index is 13.4. The zero-order valence-corrected chi connectivity index (χ0v) is 18.3. The highest BCUT2D eigenvalue weighted by atomic mass is 32.1. The van der Waals surface area contributed by atoms with Crippen LogP contribution in [0.5, 0.6) is 5.75 Å². The van der Waals surface area contributed by atoms with Crippen molar-refractivity contribution in [2.45, 2.75) is 25.7 Å². The van der Waals surface area contributed by atoms with E-state index in [1.807, 2.05) is 30.3 Å². The van der Waals surface area contributed by atoms with E-state index in [0.29, 0.717) is 29.3 Å². The fourth-order valence-electron chi connectivity index (χ4n) is 3.66. The van der Waals surface area contributed by atoms with E-state index in [1.165, 1.54) is 22.4 Å². The summed E-state index contributed by atoms with van der Waals surface area (Å²) in [5.41, 5.74) is 2.18. The average molecular weight is 436 g/mol. The Hall–Kier alpha value is -3.19. The molecule has 0 bridgehead atoms. The number of carbonyl (C=O) groups is 2. The molecule has 2 heterocycles. The van der Waals surface area contributed by atoms with Crippen molar-refractivity contribution in [2.24, 2.45) is 0 Å². The number of benzene rings is 1. The molecule has 0 saturated carbocycles. The number of anilines is 1. The second-order valence-corrected chi connectivity index (χ2v) is 8.60. The van der Waals surface area contributed by atoms with Crippen molar-refractivity contribution in [1.82, 2.24) is 9.88 Å². The number of aromatic nitrogens is 1. The topological polar surface area (TPSA) is 71.5 Å². The molecular weight excluding hydrogens is 410 g/mol. The number of rotatable bonds is 7. The fraction of sp³-hybridized carbons (Fsp3) is 0.292. The molecule has 160 valence electrons. The first-order chi connectivity index (χ1) is 15.1. The van der Waals surface area contributed by atoms with Gasteiger partial charge in [-0.3, -0.25) is 14.6 Å². The molecule has 1 aliphatic carbocycles. The van der Waals surface area contributed by atoms with E-state index < -0.39 is 0 Å². The van der Waals surface area contributed by atoms with Crippen LogP contribution in [0.2, 0.25) is 0 Å². The van der Waals surface area contributed by atoms with Gasteiger partial charge in [0.15, 0.2) is 0 Å². The number of para-hydroxylation sites is 1. The Morgan fingerprint density at radius 3 is 2.71 bits per heavy atom. The molecule has 0 radical (unpaired) electrons. The van der Waals surface area contributed by atoms with Gasteiger partial charge in [0.1, 0.15) is 17.4 Å². The monoisotopic (exact) mass is 435 g/mol. The Morgan fingerprint density at radius 1 is 1.13 bits per heavy atom. The van der Waals surface area contributed by atoms with Crippen molar-refractivity contribution in [3.8, 4) is 5.75 Å². The minimum Gasteiger partial charge on any atom is -0.492 e. The first-order valence-electron chi connectivity index (χ1n) is 10.4. The molecule has 1 aliphatic rings. The van der Waals surface area contributed by atoms with Gasteiger partial charge in [0.25, 0.3) is 11.8 Å². The van der Waals surface area contributed by atoms with Gasteiger partial charge in [0.05, 0.1) is 17.7 Å². The first-order valence-corrected chi connectivity index (χ1v) is 11.2. The molecule has 0 aliphatic heterocycles. The maximum Gasteiger partial charge on any atom is 0.257 e. The van der Waals surface area contributed by atoms with Gasteiger partial charge < -0.3 is 15.0 Å². The molecule has 31 heavy (non-hydrogen) atoms. The summed E-state index contributed by atoms with van der Waals surface area (Å²) in [7, 11) is 1.77. The molecule has 4 rings (SSSR count). The predicted octanol–water partition coefficient (Wildman–Crippen LogP) is 4.43. The molecule has 0 atom stereocenters. The fourth-order valence-corrected chi connectivity index (χ4v) is 4.94. The lowest BCUT2D eigenvalue weighted by Gasteiger charge is -2.20. The van der Waals surface area contributed by atoms with Gasteiger partial charge in [0, 0.05) is 24.3 Å². The van der Waals surface area contributed by atoms with E-state index in [2.05, 4.69) is 10.3 Å². The summed E-state index contributed by atoms with van der Waals surface area (Å²) in [6, 6.07) is 13.0. The van der Waals surface area contributed by atoms with Gasteiger partial charge >= 0.3 is 0 Å². The summed E-state index contributed by atoms with van der Waals surface area (Å²) in [4.78, 5) is 33.0. The Kier molecular flexibility index (Phi) is 6.62. The third-order valence-corrected chi connectivity index (χ3v) is 6.53. The van der Waals surface area contributed by atoms with Crippen LogP contribution < -0.4 is 10.1 Å². The van der Waals surface area contributed by atoms with E-state index >= 15 is 0 Å². The van der Waals surface area contributed by atoms with Crippen LogP contribution in [-0.2, 0) is 12.8 Å². The van der Waals surface area contributed by atoms with Gasteiger partial charge in [-0.1, -0.05) is 18.2 Å². The highest BCUT2D eigenvalue weighted by Crippen LogP contribution is 2.39. The van der Waals surface area contributed by atoms with Crippen LogP contribution in [0.25, 0.3) is 0 Å². The summed E-state index contributed by atoms with van der Waals surface area (Å²) in [5.74, 6) is 0.439. The summed E-state index contributed by atoms with van der Waals surface area (Å²) < 4.78 is 5.74. The zero-order valence-electron chi connectivity index (χ0n) is 17.5. The minimum atomic E-state index is -0.254. The lowest BCUT2D eigenvalue weighted by molar-refractivity contribution is 0.0774. The molecule has 2 aromatic heterocycles. The summed E-state index contributed by atoms with van der Waals surface area (Å²) in [6.45, 7) is 0.851. The molecular formula is C24H25N3O3S. The molecule has 3 aromatic rings. The van der Waals surface area contributed by atoms with Crippen molar-refractivity contribution >= 4 is 28.2 Å². The summed E-state index contributed by atoms with van der Waals surface area (Å²) in [6.07, 6.45) is 7.13. The quantitative estimate of drug-likeness (QED) is 0.596. The van der Waals surface area contributed by atoms with Gasteiger partial charge in [-0.05, 0) is 55.5 Å². The Morgan fingerprint density at radius 2 is 1.94 bits per heavy atom. The number of aryl methyl sites for hydroxylation is 1. The number of fused-ring (bicyclic) bond motifs is 1. The van der Waals surface area contributed by atoms with Gasteiger partial charge in [-0.25, -0.2) is 0 Å². The number of amides is 2. The standard InChI is InChI=1S/C24H25N3O3S/c1-27(14-15-30-18-9-3-2-4-10-18)24(29)21-19-11-5-6-12-20(19)31-23(21)26-22(28)17-8-7-13-25-16-17/h2-4,7-10,13,16H,5-6,11-12,14-15H2,1H3,(H,26,28). The van der Waals surface area contributed by atoms with Gasteiger partial charge in [-0.15, -0.1) is 11.3 Å². The van der Waals surface area contributed by atoms with Crippen molar-refractivity contribution in [1.29, 1.82) is 0 Å². The number of pyridine rings is 1. The summed E-state index contributed by atoms with van der Waals surface area (Å²) in [5, 5.41) is 3.59. The smallest absolute Gasteiger partial charge is 0.257 e. The Labute approximate surface area is 185 Å². The number of nitrogens with one attached hydrogen (secondary N) is 1. The molecule has 7 heteroatoms. The van der Waals surface area contributed by atoms with Crippen LogP contribution in [0, 0.1) is 0 Å². The van der Waals surface area contributed by atoms with Crippen LogP contribution in [0.1, 0.15) is 44.0 Å². The normalized spacial score (nSPS) is 12.7. The zero-order chi connectivity index (χ0) is 21.6. The van der Waals surface area contributed by atoms with Crippen LogP contribution in [0.15, 0.2) is 54.9 Å². The van der Waals surface area contributed by atoms with Crippen LogP contribution in [0.4, 0.5) is 5.00 Å². The minimum absolute atomic E-state index is 0.0856. The Bertz CT molecular complexity index is 1050. The molecule has 2 amide bonds. The number of carbonyl (C=O) groups excluding carboxylic acids is 2. The number of ether oxygens (including phenoxy) is 1. The molecule has 0 spiro atoms. The molecule has 0 fully saturated rings. The molecule has 1 aromatic carbocycles. The van der Waals surface area contributed by atoms with E-state index in [9.17, 15) is 9.59 Å². The van der Waals surface area contributed by atoms with Crippen LogP contribution >= 0.6 is 11.3 Å². The number of hydrogen-bond donors (Lipinski definition) is 1. The lowest BCUT2D eigenvalue weighted by Crippen LogP contribution is -2.32. The second-order valence-electron chi connectivity index (χ2n) is 7.50. The van der Waals surface area contributed by atoms with Crippen molar-refractivity contribution in [3.05, 3.63) is 76.4 Å². The largest absolute Gasteiger partial charge is 0.492 e. The Balaban J connectivity index is 1.51. The van der Waals surface area contributed by atoms with E-state index in [0.717, 1.165) is 37.0 Å². The SMILES string of the molecule is CN(CCOc1ccccc1)C(=O)c1c(NC(=O)c2cccnc2)sc2c1CCCC2. The molecule has 0 unspecified atom stereocenters. The molecule has 6 nitrogen and oxygen atoms in total. The highest BCUT2D eigenvalue weighted by molar-refractivity contribution is 7.17. The molecule has 1 N–H and O–H groups in total. The number of likely N-dealkylation sites (N-methyl/N-ethyl adjacent to an activating group) is 1. The van der Waals surface area contributed by atoms with Gasteiger partial charge in [0.2, 0.25) is 0 Å². The van der Waals surface area contributed by atoms with Crippen molar-refractivity contribution in [3.63, 3.8) is 0 Å². The van der Waals surface area contributed by atoms with E-state index in [4.69, 9.17) is 4.74 Å². The third kappa shape index (κ3) is 4.94. The van der Waals surface area contributed by atoms with Gasteiger partial charge in [-0.2, -0.15) is 0 Å². The maximum absolute atomic E-state index is 13.4. The third-order valence-electron chi connectivity index (χ3n) is 5.32. The van der Waals surface area contributed by atoms with E-state index in [1.54, 1.807) is 30.3 Å². The average Bonchev–Trinajstić information content (AvgIpc) is 3.17. The number of thiophene rings is 1.